The first-order chi connectivity index (χ1) is 48.3. The van der Waals surface area contributed by atoms with Gasteiger partial charge in [0.1, 0.15) is 6.61 Å². The Bertz CT molecular complexity index is 1800. The largest absolute Gasteiger partial charge is 0.472 e. The van der Waals surface area contributed by atoms with E-state index in [9.17, 15) is 19.0 Å². The highest BCUT2D eigenvalue weighted by atomic mass is 31.2. The number of phosphoric acid groups is 1. The second-order valence-corrected chi connectivity index (χ2v) is 30.8. The lowest BCUT2D eigenvalue weighted by molar-refractivity contribution is -0.161. The summed E-state index contributed by atoms with van der Waals surface area (Å²) in [5.41, 5.74) is 5.42. The molecule has 0 aliphatic carbocycles. The van der Waals surface area contributed by atoms with Gasteiger partial charge in [0.25, 0.3) is 0 Å². The molecular weight excluding hydrogens is 1230 g/mol. The van der Waals surface area contributed by atoms with Crippen LogP contribution >= 0.6 is 7.82 Å². The summed E-state index contributed by atoms with van der Waals surface area (Å²) < 4.78 is 33.3. The maximum absolute atomic E-state index is 12.8. The third-order valence-corrected chi connectivity index (χ3v) is 20.7. The number of ether oxygens (including phenoxy) is 2. The van der Waals surface area contributed by atoms with Crippen molar-refractivity contribution < 1.29 is 37.6 Å². The van der Waals surface area contributed by atoms with Crippen molar-refractivity contribution in [3.05, 3.63) is 60.8 Å². The standard InChI is InChI=1S/C88H166NO8P/c1-3-5-7-9-11-13-15-17-19-21-23-25-27-29-31-33-35-37-39-41-42-43-44-45-47-49-51-53-55-57-59-61-63-65-67-69-71-73-75-77-79-81-88(91)97-86(85-96-98(92,93)95-83-82-89)84-94-87(90)80-78-76-74-72-70-68-66-64-62-60-58-56-54-52-50-48-46-40-38-36-34-32-30-28-26-24-22-20-18-16-14-12-10-8-6-4-2/h5,7,11,13,17,19,23,25,29,31,86H,3-4,6,8-10,12,14-16,18,20-22,24,26-28,30,32-85,89H2,1-2H3,(H,92,93)/b7-5-,13-11-,19-17-,25-23-,31-29-. The first kappa shape index (κ1) is 95.7. The summed E-state index contributed by atoms with van der Waals surface area (Å²) in [5.74, 6) is -0.799. The molecule has 2 atom stereocenters. The molecule has 0 radical (unpaired) electrons. The molecule has 576 valence electrons. The van der Waals surface area contributed by atoms with Gasteiger partial charge >= 0.3 is 19.8 Å². The Kier molecular flexibility index (Phi) is 81.7. The summed E-state index contributed by atoms with van der Waals surface area (Å²) in [6.45, 7) is 3.72. The monoisotopic (exact) mass is 1400 g/mol. The molecule has 0 saturated carbocycles. The summed E-state index contributed by atoms with van der Waals surface area (Å²) in [6.07, 6.45) is 111. The average Bonchev–Trinajstić information content (AvgIpc) is 1.36. The van der Waals surface area contributed by atoms with Crippen LogP contribution in [-0.2, 0) is 32.7 Å². The van der Waals surface area contributed by atoms with Gasteiger partial charge in [-0.15, -0.1) is 0 Å². The van der Waals surface area contributed by atoms with Gasteiger partial charge in [-0.3, -0.25) is 18.6 Å². The van der Waals surface area contributed by atoms with Crippen molar-refractivity contribution in [1.82, 2.24) is 0 Å². The van der Waals surface area contributed by atoms with Crippen LogP contribution in [0.5, 0.6) is 0 Å². The molecule has 10 heteroatoms. The van der Waals surface area contributed by atoms with Crippen LogP contribution in [0.2, 0.25) is 0 Å². The molecule has 0 aliphatic rings. The Morgan fingerprint density at radius 3 is 0.837 bits per heavy atom. The van der Waals surface area contributed by atoms with E-state index in [1.807, 2.05) is 0 Å². The van der Waals surface area contributed by atoms with E-state index in [1.165, 1.54) is 360 Å². The molecule has 0 aliphatic heterocycles. The van der Waals surface area contributed by atoms with Gasteiger partial charge in [-0.2, -0.15) is 0 Å². The summed E-state index contributed by atoms with van der Waals surface area (Å²) in [6, 6.07) is 0. The van der Waals surface area contributed by atoms with Crippen LogP contribution in [0.25, 0.3) is 0 Å². The number of hydrogen-bond donors (Lipinski definition) is 2. The van der Waals surface area contributed by atoms with Crippen molar-refractivity contribution in [3.8, 4) is 0 Å². The summed E-state index contributed by atoms with van der Waals surface area (Å²) in [7, 11) is -4.40. The molecule has 98 heavy (non-hydrogen) atoms. The number of nitrogens with two attached hydrogens (primary N) is 1. The van der Waals surface area contributed by atoms with E-state index in [4.69, 9.17) is 24.3 Å². The lowest BCUT2D eigenvalue weighted by atomic mass is 10.0. The summed E-state index contributed by atoms with van der Waals surface area (Å²) >= 11 is 0. The number of unbranched alkanes of at least 4 members (excludes halogenated alkanes) is 60. The van der Waals surface area contributed by atoms with Crippen LogP contribution in [-0.4, -0.2) is 49.3 Å². The van der Waals surface area contributed by atoms with Crippen molar-refractivity contribution >= 4 is 19.8 Å². The molecule has 2 unspecified atom stereocenters. The highest BCUT2D eigenvalue weighted by molar-refractivity contribution is 7.47. The van der Waals surface area contributed by atoms with Crippen molar-refractivity contribution in [1.29, 1.82) is 0 Å². The fraction of sp³-hybridized carbons (Fsp3) is 0.864. The summed E-state index contributed by atoms with van der Waals surface area (Å²) in [5, 5.41) is 0. The predicted octanol–water partition coefficient (Wildman–Crippen LogP) is 29.3. The van der Waals surface area contributed by atoms with Crippen LogP contribution in [0.4, 0.5) is 0 Å². The topological polar surface area (TPSA) is 134 Å². The maximum Gasteiger partial charge on any atom is 0.472 e. The zero-order valence-corrected chi connectivity index (χ0v) is 66.2. The SMILES string of the molecule is CC/C=C\C/C=C\C/C=C\C/C=C\C/C=C\CCCCCCCCCCCCCCCCCCCCCCCCCCCC(=O)OC(COC(=O)CCCCCCCCCCCCCCCCCCCCCCCCCCCCCCCCCCCCCC)COP(=O)(O)OCCN. The Hall–Kier alpha value is -2.29. The number of allylic oxidation sites excluding steroid dienone is 10. The van der Waals surface area contributed by atoms with Gasteiger partial charge in [-0.05, 0) is 57.8 Å². The second kappa shape index (κ2) is 83.7. The van der Waals surface area contributed by atoms with Gasteiger partial charge < -0.3 is 20.1 Å². The third-order valence-electron chi connectivity index (χ3n) is 19.7. The van der Waals surface area contributed by atoms with E-state index in [0.717, 1.165) is 64.2 Å². The molecule has 0 saturated heterocycles. The number of carbonyl (C=O) groups excluding carboxylic acids is 2. The van der Waals surface area contributed by atoms with Crippen LogP contribution in [0.15, 0.2) is 60.8 Å². The normalized spacial score (nSPS) is 13.1. The van der Waals surface area contributed by atoms with Gasteiger partial charge in [0.2, 0.25) is 0 Å². The minimum atomic E-state index is -4.40. The van der Waals surface area contributed by atoms with Crippen LogP contribution in [0, 0.1) is 0 Å². The fourth-order valence-corrected chi connectivity index (χ4v) is 14.1. The minimum Gasteiger partial charge on any atom is -0.462 e. The lowest BCUT2D eigenvalue weighted by Crippen LogP contribution is -2.29. The van der Waals surface area contributed by atoms with Crippen molar-refractivity contribution in [2.75, 3.05) is 26.4 Å². The minimum absolute atomic E-state index is 0.0563. The molecule has 0 heterocycles. The Morgan fingerprint density at radius 1 is 0.316 bits per heavy atom. The molecule has 0 amide bonds. The Balaban J connectivity index is 3.71. The molecule has 0 spiro atoms. The third kappa shape index (κ3) is 82.7. The fourth-order valence-electron chi connectivity index (χ4n) is 13.3. The molecule has 0 aromatic heterocycles. The van der Waals surface area contributed by atoms with Gasteiger partial charge in [-0.25, -0.2) is 4.57 Å². The average molecular weight is 1400 g/mol. The first-order valence-corrected chi connectivity index (χ1v) is 44.8. The van der Waals surface area contributed by atoms with E-state index < -0.39 is 26.5 Å². The molecule has 0 aromatic rings. The molecule has 0 bridgehead atoms. The zero-order chi connectivity index (χ0) is 70.8. The molecule has 0 aromatic carbocycles. The van der Waals surface area contributed by atoms with E-state index in [2.05, 4.69) is 74.6 Å². The zero-order valence-electron chi connectivity index (χ0n) is 65.3. The van der Waals surface area contributed by atoms with Crippen molar-refractivity contribution in [3.63, 3.8) is 0 Å². The highest BCUT2D eigenvalue weighted by Crippen LogP contribution is 2.43. The molecule has 0 rings (SSSR count). The van der Waals surface area contributed by atoms with Gasteiger partial charge in [-0.1, -0.05) is 447 Å². The molecular formula is C88H166NO8P. The molecule has 3 N–H and O–H groups in total. The smallest absolute Gasteiger partial charge is 0.462 e. The van der Waals surface area contributed by atoms with Crippen LogP contribution < -0.4 is 5.73 Å². The van der Waals surface area contributed by atoms with Crippen LogP contribution in [0.1, 0.15) is 457 Å². The van der Waals surface area contributed by atoms with Crippen molar-refractivity contribution in [2.45, 2.75) is 463 Å². The van der Waals surface area contributed by atoms with E-state index in [0.29, 0.717) is 6.42 Å². The second-order valence-electron chi connectivity index (χ2n) is 29.4. The Morgan fingerprint density at radius 2 is 0.561 bits per heavy atom. The summed E-state index contributed by atoms with van der Waals surface area (Å²) in [4.78, 5) is 35.5. The van der Waals surface area contributed by atoms with Gasteiger partial charge in [0, 0.05) is 19.4 Å². The molecule has 0 fully saturated rings. The Labute approximate surface area is 610 Å². The maximum atomic E-state index is 12.8. The number of rotatable bonds is 83. The van der Waals surface area contributed by atoms with Crippen molar-refractivity contribution in [2.24, 2.45) is 5.73 Å². The predicted molar refractivity (Wildman–Crippen MR) is 427 cm³/mol. The molecule has 9 nitrogen and oxygen atoms in total. The number of carbonyl (C=O) groups is 2. The van der Waals surface area contributed by atoms with Gasteiger partial charge in [0.15, 0.2) is 6.10 Å². The highest BCUT2D eigenvalue weighted by Gasteiger charge is 2.26. The lowest BCUT2D eigenvalue weighted by Gasteiger charge is -2.19. The van der Waals surface area contributed by atoms with Gasteiger partial charge in [0.05, 0.1) is 13.2 Å². The van der Waals surface area contributed by atoms with E-state index >= 15 is 0 Å². The first-order valence-electron chi connectivity index (χ1n) is 43.3. The van der Waals surface area contributed by atoms with Crippen LogP contribution in [0.3, 0.4) is 0 Å². The number of hydrogen-bond acceptors (Lipinski definition) is 8. The van der Waals surface area contributed by atoms with E-state index in [1.54, 1.807) is 0 Å². The quantitative estimate of drug-likeness (QED) is 0.0264. The number of esters is 2. The number of phosphoric ester groups is 1. The van der Waals surface area contributed by atoms with E-state index in [-0.39, 0.29) is 38.6 Å².